The lowest BCUT2D eigenvalue weighted by Crippen LogP contribution is -2.26. The highest BCUT2D eigenvalue weighted by Gasteiger charge is 2.07. The van der Waals surface area contributed by atoms with Crippen LogP contribution >= 0.6 is 11.6 Å². The van der Waals surface area contributed by atoms with Gasteiger partial charge in [-0.3, -0.25) is 4.79 Å². The zero-order valence-electron chi connectivity index (χ0n) is 15.1. The van der Waals surface area contributed by atoms with Gasteiger partial charge in [0.2, 0.25) is 0 Å². The van der Waals surface area contributed by atoms with E-state index in [4.69, 9.17) is 16.3 Å². The van der Waals surface area contributed by atoms with Gasteiger partial charge >= 0.3 is 0 Å². The molecule has 0 spiro atoms. The van der Waals surface area contributed by atoms with Crippen molar-refractivity contribution in [1.82, 2.24) is 5.43 Å². The number of fused-ring (bicyclic) bond motifs is 1. The summed E-state index contributed by atoms with van der Waals surface area (Å²) in [4.78, 5) is 12.1. The molecule has 5 nitrogen and oxygen atoms in total. The predicted octanol–water partition coefficient (Wildman–Crippen LogP) is 4.37. The molecule has 27 heavy (non-hydrogen) atoms. The predicted molar refractivity (Wildman–Crippen MR) is 111 cm³/mol. The molecule has 3 aromatic carbocycles. The van der Waals surface area contributed by atoms with E-state index >= 15 is 0 Å². The third-order valence-electron chi connectivity index (χ3n) is 4.24. The molecule has 0 saturated carbocycles. The highest BCUT2D eigenvalue weighted by molar-refractivity contribution is 6.31. The molecule has 6 heteroatoms. The Kier molecular flexibility index (Phi) is 5.94. The summed E-state index contributed by atoms with van der Waals surface area (Å²) in [6.07, 6.45) is 1.60. The first-order chi connectivity index (χ1) is 13.1. The zero-order valence-corrected chi connectivity index (χ0v) is 15.9. The summed E-state index contributed by atoms with van der Waals surface area (Å²) in [6.45, 7) is 1.98. The summed E-state index contributed by atoms with van der Waals surface area (Å²) in [6, 6.07) is 17.3. The van der Waals surface area contributed by atoms with E-state index < -0.39 is 0 Å². The van der Waals surface area contributed by atoms with E-state index in [2.05, 4.69) is 15.8 Å². The van der Waals surface area contributed by atoms with Gasteiger partial charge in [0.05, 0.1) is 19.9 Å². The Bertz CT molecular complexity index is 1000. The molecule has 138 valence electrons. The Morgan fingerprint density at radius 2 is 1.96 bits per heavy atom. The van der Waals surface area contributed by atoms with Gasteiger partial charge in [-0.05, 0) is 41.5 Å². The van der Waals surface area contributed by atoms with Gasteiger partial charge in [0.1, 0.15) is 5.75 Å². The Morgan fingerprint density at radius 1 is 1.15 bits per heavy atom. The minimum absolute atomic E-state index is 0.0885. The van der Waals surface area contributed by atoms with Crippen molar-refractivity contribution >= 4 is 40.2 Å². The number of nitrogens with zero attached hydrogens (tertiary/aromatic N) is 1. The number of hydrogen-bond acceptors (Lipinski definition) is 4. The molecule has 0 radical (unpaired) electrons. The van der Waals surface area contributed by atoms with Crippen molar-refractivity contribution in [1.29, 1.82) is 0 Å². The molecule has 3 aromatic rings. The van der Waals surface area contributed by atoms with Gasteiger partial charge in [-0.2, -0.15) is 5.10 Å². The van der Waals surface area contributed by atoms with Crippen LogP contribution in [0.1, 0.15) is 11.1 Å². The fourth-order valence-corrected chi connectivity index (χ4v) is 2.94. The van der Waals surface area contributed by atoms with Crippen LogP contribution in [0.25, 0.3) is 10.8 Å². The minimum Gasteiger partial charge on any atom is -0.496 e. The summed E-state index contributed by atoms with van der Waals surface area (Å²) in [5, 5.41) is 9.87. The summed E-state index contributed by atoms with van der Waals surface area (Å²) in [5.41, 5.74) is 5.06. The molecule has 0 aliphatic rings. The molecule has 0 heterocycles. The van der Waals surface area contributed by atoms with E-state index in [0.29, 0.717) is 10.8 Å². The van der Waals surface area contributed by atoms with E-state index in [1.54, 1.807) is 13.3 Å². The van der Waals surface area contributed by atoms with Gasteiger partial charge in [0.25, 0.3) is 5.91 Å². The summed E-state index contributed by atoms with van der Waals surface area (Å²) in [5.74, 6) is 0.434. The third-order valence-corrected chi connectivity index (χ3v) is 4.65. The zero-order chi connectivity index (χ0) is 19.2. The number of carbonyl (C=O) groups excluding carboxylic acids is 1. The van der Waals surface area contributed by atoms with Crippen LogP contribution in [-0.2, 0) is 4.79 Å². The van der Waals surface area contributed by atoms with Crippen molar-refractivity contribution in [3.05, 3.63) is 70.7 Å². The quantitative estimate of drug-likeness (QED) is 0.492. The van der Waals surface area contributed by atoms with Crippen molar-refractivity contribution in [2.45, 2.75) is 6.92 Å². The molecule has 0 aliphatic heterocycles. The molecular weight excluding hydrogens is 362 g/mol. The average molecular weight is 382 g/mol. The topological polar surface area (TPSA) is 62.7 Å². The smallest absolute Gasteiger partial charge is 0.259 e. The van der Waals surface area contributed by atoms with Crippen LogP contribution < -0.4 is 15.5 Å². The summed E-state index contributed by atoms with van der Waals surface area (Å²) in [7, 11) is 1.61. The maximum absolute atomic E-state index is 12.1. The lowest BCUT2D eigenvalue weighted by Gasteiger charge is -2.10. The molecule has 0 unspecified atom stereocenters. The van der Waals surface area contributed by atoms with E-state index in [-0.39, 0.29) is 12.5 Å². The van der Waals surface area contributed by atoms with Crippen molar-refractivity contribution in [3.8, 4) is 5.75 Å². The van der Waals surface area contributed by atoms with Crippen LogP contribution in [0.15, 0.2) is 59.7 Å². The van der Waals surface area contributed by atoms with Crippen LogP contribution in [0.2, 0.25) is 5.02 Å². The van der Waals surface area contributed by atoms with Crippen LogP contribution in [-0.4, -0.2) is 25.8 Å². The SMILES string of the molecule is COc1ccc2ccccc2c1C=NNC(=O)CNc1cccc(Cl)c1C. The van der Waals surface area contributed by atoms with Gasteiger partial charge in [0.15, 0.2) is 0 Å². The number of hydrazone groups is 1. The van der Waals surface area contributed by atoms with Crippen molar-refractivity contribution in [3.63, 3.8) is 0 Å². The Labute approximate surface area is 163 Å². The minimum atomic E-state index is -0.259. The summed E-state index contributed by atoms with van der Waals surface area (Å²) < 4.78 is 5.41. The second-order valence-corrected chi connectivity index (χ2v) is 6.37. The number of halogens is 1. The number of rotatable bonds is 6. The second kappa shape index (κ2) is 8.56. The maximum Gasteiger partial charge on any atom is 0.259 e. The van der Waals surface area contributed by atoms with Crippen molar-refractivity contribution in [2.75, 3.05) is 19.0 Å². The van der Waals surface area contributed by atoms with Gasteiger partial charge in [-0.15, -0.1) is 0 Å². The first kappa shape index (κ1) is 18.7. The molecule has 0 bridgehead atoms. The Hall–Kier alpha value is -3.05. The first-order valence-corrected chi connectivity index (χ1v) is 8.84. The number of amides is 1. The van der Waals surface area contributed by atoms with Gasteiger partial charge in [0, 0.05) is 16.3 Å². The number of nitrogens with one attached hydrogen (secondary N) is 2. The number of methoxy groups -OCH3 is 1. The lowest BCUT2D eigenvalue weighted by molar-refractivity contribution is -0.119. The molecule has 3 rings (SSSR count). The molecule has 1 amide bonds. The van der Waals surface area contributed by atoms with E-state index in [0.717, 1.165) is 27.6 Å². The number of hydrogen-bond donors (Lipinski definition) is 2. The second-order valence-electron chi connectivity index (χ2n) is 5.96. The molecule has 0 saturated heterocycles. The molecule has 0 fully saturated rings. The number of benzene rings is 3. The number of anilines is 1. The maximum atomic E-state index is 12.1. The van der Waals surface area contributed by atoms with E-state index in [9.17, 15) is 4.79 Å². The molecular formula is C21H20ClN3O2. The fraction of sp³-hybridized carbons (Fsp3) is 0.143. The third kappa shape index (κ3) is 4.38. The molecule has 2 N–H and O–H groups in total. The molecule has 0 aliphatic carbocycles. The monoisotopic (exact) mass is 381 g/mol. The summed E-state index contributed by atoms with van der Waals surface area (Å²) >= 11 is 6.08. The van der Waals surface area contributed by atoms with Crippen LogP contribution in [0, 0.1) is 6.92 Å². The van der Waals surface area contributed by atoms with Crippen LogP contribution in [0.5, 0.6) is 5.75 Å². The van der Waals surface area contributed by atoms with Crippen molar-refractivity contribution in [2.24, 2.45) is 5.10 Å². The largest absolute Gasteiger partial charge is 0.496 e. The fourth-order valence-electron chi connectivity index (χ4n) is 2.77. The van der Waals surface area contributed by atoms with Gasteiger partial charge in [-0.25, -0.2) is 5.43 Å². The van der Waals surface area contributed by atoms with E-state index in [1.807, 2.05) is 61.5 Å². The highest BCUT2D eigenvalue weighted by atomic mass is 35.5. The van der Waals surface area contributed by atoms with Crippen LogP contribution in [0.3, 0.4) is 0 Å². The molecule has 0 atom stereocenters. The van der Waals surface area contributed by atoms with Gasteiger partial charge < -0.3 is 10.1 Å². The molecule has 0 aromatic heterocycles. The van der Waals surface area contributed by atoms with Gasteiger partial charge in [-0.1, -0.05) is 48.0 Å². The first-order valence-electron chi connectivity index (χ1n) is 8.47. The van der Waals surface area contributed by atoms with Crippen LogP contribution in [0.4, 0.5) is 5.69 Å². The Balaban J connectivity index is 1.68. The Morgan fingerprint density at radius 3 is 2.78 bits per heavy atom. The number of carbonyl (C=O) groups is 1. The average Bonchev–Trinajstić information content (AvgIpc) is 2.69. The normalized spacial score (nSPS) is 10.9. The highest BCUT2D eigenvalue weighted by Crippen LogP contribution is 2.26. The van der Waals surface area contributed by atoms with Crippen molar-refractivity contribution < 1.29 is 9.53 Å². The number of ether oxygens (including phenoxy) is 1. The standard InChI is InChI=1S/C21H20ClN3O2/c1-14-18(22)8-5-9-19(14)23-13-21(26)25-24-12-17-16-7-4-3-6-15(16)10-11-20(17)27-2/h3-12,23H,13H2,1-2H3,(H,25,26). The van der Waals surface area contributed by atoms with E-state index in [1.165, 1.54) is 0 Å². The lowest BCUT2D eigenvalue weighted by atomic mass is 10.0.